The predicted molar refractivity (Wildman–Crippen MR) is 61.0 cm³/mol. The van der Waals surface area contributed by atoms with E-state index in [0.29, 0.717) is 0 Å². The second-order valence-electron chi connectivity index (χ2n) is 3.38. The first-order valence-electron chi connectivity index (χ1n) is 5.20. The SMILES string of the molecule is CCOC(=O)C(O)c1cc(C#N)cc(OC)c1O. The highest BCUT2D eigenvalue weighted by atomic mass is 16.5. The average molecular weight is 251 g/mol. The van der Waals surface area contributed by atoms with Gasteiger partial charge in [0.15, 0.2) is 17.6 Å². The van der Waals surface area contributed by atoms with E-state index >= 15 is 0 Å². The second-order valence-corrected chi connectivity index (χ2v) is 3.38. The first-order valence-corrected chi connectivity index (χ1v) is 5.20. The molecule has 1 aromatic carbocycles. The van der Waals surface area contributed by atoms with E-state index in [0.717, 1.165) is 0 Å². The fourth-order valence-corrected chi connectivity index (χ4v) is 1.41. The number of hydrogen-bond acceptors (Lipinski definition) is 6. The summed E-state index contributed by atoms with van der Waals surface area (Å²) in [4.78, 5) is 11.4. The van der Waals surface area contributed by atoms with Gasteiger partial charge in [0.25, 0.3) is 0 Å². The summed E-state index contributed by atoms with van der Waals surface area (Å²) in [6, 6.07) is 4.35. The number of carbonyl (C=O) groups excluding carboxylic acids is 1. The van der Waals surface area contributed by atoms with Crippen LogP contribution in [-0.4, -0.2) is 29.9 Å². The molecule has 1 aromatic rings. The summed E-state index contributed by atoms with van der Waals surface area (Å²) in [5, 5.41) is 28.3. The van der Waals surface area contributed by atoms with Crippen LogP contribution in [0.1, 0.15) is 24.2 Å². The number of aliphatic hydroxyl groups is 1. The van der Waals surface area contributed by atoms with Crippen molar-refractivity contribution in [2.45, 2.75) is 13.0 Å². The third-order valence-corrected chi connectivity index (χ3v) is 2.26. The molecule has 0 aliphatic rings. The number of ether oxygens (including phenoxy) is 2. The van der Waals surface area contributed by atoms with Gasteiger partial charge in [0.05, 0.1) is 25.3 Å². The van der Waals surface area contributed by atoms with Crippen LogP contribution in [0.15, 0.2) is 12.1 Å². The number of hydrogen-bond donors (Lipinski definition) is 2. The fourth-order valence-electron chi connectivity index (χ4n) is 1.41. The number of aromatic hydroxyl groups is 1. The van der Waals surface area contributed by atoms with Gasteiger partial charge < -0.3 is 19.7 Å². The number of rotatable bonds is 4. The van der Waals surface area contributed by atoms with Crippen molar-refractivity contribution in [3.63, 3.8) is 0 Å². The molecule has 2 N–H and O–H groups in total. The zero-order chi connectivity index (χ0) is 13.7. The molecule has 6 nitrogen and oxygen atoms in total. The van der Waals surface area contributed by atoms with E-state index in [-0.39, 0.29) is 23.5 Å². The number of methoxy groups -OCH3 is 1. The zero-order valence-electron chi connectivity index (χ0n) is 10.0. The molecular formula is C12H13NO5. The Morgan fingerprint density at radius 2 is 2.22 bits per heavy atom. The van der Waals surface area contributed by atoms with Crippen molar-refractivity contribution in [2.24, 2.45) is 0 Å². The van der Waals surface area contributed by atoms with Gasteiger partial charge in [-0.1, -0.05) is 0 Å². The van der Waals surface area contributed by atoms with Gasteiger partial charge >= 0.3 is 5.97 Å². The molecule has 0 spiro atoms. The number of carbonyl (C=O) groups is 1. The first-order chi connectivity index (χ1) is 8.54. The van der Waals surface area contributed by atoms with Gasteiger partial charge in [0.1, 0.15) is 0 Å². The summed E-state index contributed by atoms with van der Waals surface area (Å²) < 4.78 is 9.49. The summed E-state index contributed by atoms with van der Waals surface area (Å²) in [6.07, 6.45) is -1.66. The summed E-state index contributed by atoms with van der Waals surface area (Å²) in [5.74, 6) is -1.28. The Hall–Kier alpha value is -2.26. The average Bonchev–Trinajstić information content (AvgIpc) is 2.38. The fraction of sp³-hybridized carbons (Fsp3) is 0.333. The Morgan fingerprint density at radius 1 is 1.56 bits per heavy atom. The molecule has 0 heterocycles. The Labute approximate surface area is 104 Å². The molecular weight excluding hydrogens is 238 g/mol. The van der Waals surface area contributed by atoms with Crippen LogP contribution in [-0.2, 0) is 9.53 Å². The van der Waals surface area contributed by atoms with E-state index in [1.165, 1.54) is 19.2 Å². The summed E-state index contributed by atoms with van der Waals surface area (Å²) in [6.45, 7) is 1.70. The molecule has 0 bridgehead atoms. The molecule has 0 saturated carbocycles. The molecule has 6 heteroatoms. The molecule has 0 aliphatic heterocycles. The van der Waals surface area contributed by atoms with E-state index in [1.807, 2.05) is 6.07 Å². The molecule has 0 fully saturated rings. The molecule has 0 aliphatic carbocycles. The maximum Gasteiger partial charge on any atom is 0.339 e. The molecule has 0 amide bonds. The van der Waals surface area contributed by atoms with Crippen molar-refractivity contribution < 1.29 is 24.5 Å². The molecule has 0 radical (unpaired) electrons. The normalized spacial score (nSPS) is 11.4. The largest absolute Gasteiger partial charge is 0.504 e. The Kier molecular flexibility index (Phi) is 4.52. The number of aliphatic hydroxyl groups excluding tert-OH is 1. The van der Waals surface area contributed by atoms with E-state index < -0.39 is 17.8 Å². The maximum atomic E-state index is 11.4. The van der Waals surface area contributed by atoms with Crippen molar-refractivity contribution in [1.29, 1.82) is 5.26 Å². The van der Waals surface area contributed by atoms with Gasteiger partial charge in [-0.15, -0.1) is 0 Å². The number of esters is 1. The lowest BCUT2D eigenvalue weighted by molar-refractivity contribution is -0.153. The topological polar surface area (TPSA) is 99.8 Å². The summed E-state index contributed by atoms with van der Waals surface area (Å²) in [5.41, 5.74) is 0.0346. The van der Waals surface area contributed by atoms with Crippen molar-refractivity contribution in [3.8, 4) is 17.6 Å². The monoisotopic (exact) mass is 251 g/mol. The number of phenols is 1. The van der Waals surface area contributed by atoms with Crippen LogP contribution >= 0.6 is 0 Å². The molecule has 0 saturated heterocycles. The van der Waals surface area contributed by atoms with Gasteiger partial charge in [-0.3, -0.25) is 0 Å². The lowest BCUT2D eigenvalue weighted by Crippen LogP contribution is -2.15. The van der Waals surface area contributed by atoms with Crippen molar-refractivity contribution >= 4 is 5.97 Å². The highest BCUT2D eigenvalue weighted by Crippen LogP contribution is 2.35. The minimum Gasteiger partial charge on any atom is -0.504 e. The van der Waals surface area contributed by atoms with Crippen LogP contribution in [0.4, 0.5) is 0 Å². The lowest BCUT2D eigenvalue weighted by atomic mass is 10.0. The van der Waals surface area contributed by atoms with E-state index in [4.69, 9.17) is 10.00 Å². The van der Waals surface area contributed by atoms with Gasteiger partial charge in [-0.25, -0.2) is 4.79 Å². The van der Waals surface area contributed by atoms with Crippen LogP contribution in [0.25, 0.3) is 0 Å². The van der Waals surface area contributed by atoms with Crippen LogP contribution in [0.2, 0.25) is 0 Å². The molecule has 18 heavy (non-hydrogen) atoms. The lowest BCUT2D eigenvalue weighted by Gasteiger charge is -2.14. The first kappa shape index (κ1) is 13.8. The molecule has 1 unspecified atom stereocenters. The third-order valence-electron chi connectivity index (χ3n) is 2.26. The van der Waals surface area contributed by atoms with Crippen LogP contribution < -0.4 is 4.74 Å². The quantitative estimate of drug-likeness (QED) is 0.770. The molecule has 1 atom stereocenters. The highest BCUT2D eigenvalue weighted by Gasteiger charge is 2.24. The van der Waals surface area contributed by atoms with Crippen molar-refractivity contribution in [1.82, 2.24) is 0 Å². The predicted octanol–water partition coefficient (Wildman–Crippen LogP) is 0.869. The van der Waals surface area contributed by atoms with Crippen LogP contribution in [0.5, 0.6) is 11.5 Å². The van der Waals surface area contributed by atoms with Crippen molar-refractivity contribution in [3.05, 3.63) is 23.3 Å². The zero-order valence-corrected chi connectivity index (χ0v) is 10.0. The standard InChI is InChI=1S/C12H13NO5/c1-3-18-12(16)11(15)8-4-7(6-13)5-9(17-2)10(8)14/h4-5,11,14-15H,3H2,1-2H3. The Bertz CT molecular complexity index is 492. The number of nitrogens with zero attached hydrogens (tertiary/aromatic N) is 1. The second kappa shape index (κ2) is 5.89. The van der Waals surface area contributed by atoms with E-state index in [9.17, 15) is 15.0 Å². The van der Waals surface area contributed by atoms with Crippen molar-refractivity contribution in [2.75, 3.05) is 13.7 Å². The summed E-state index contributed by atoms with van der Waals surface area (Å²) in [7, 11) is 1.30. The Morgan fingerprint density at radius 3 is 2.72 bits per heavy atom. The van der Waals surface area contributed by atoms with Gasteiger partial charge in [-0.05, 0) is 13.0 Å². The Balaban J connectivity index is 3.23. The minimum absolute atomic E-state index is 0.00685. The van der Waals surface area contributed by atoms with Crippen LogP contribution in [0.3, 0.4) is 0 Å². The summed E-state index contributed by atoms with van der Waals surface area (Å²) >= 11 is 0. The third kappa shape index (κ3) is 2.70. The van der Waals surface area contributed by atoms with Gasteiger partial charge in [-0.2, -0.15) is 5.26 Å². The van der Waals surface area contributed by atoms with E-state index in [1.54, 1.807) is 6.92 Å². The van der Waals surface area contributed by atoms with Gasteiger partial charge in [0.2, 0.25) is 0 Å². The minimum atomic E-state index is -1.66. The smallest absolute Gasteiger partial charge is 0.339 e. The number of phenolic OH excluding ortho intramolecular Hbond substituents is 1. The highest BCUT2D eigenvalue weighted by molar-refractivity contribution is 5.78. The van der Waals surface area contributed by atoms with E-state index in [2.05, 4.69) is 4.74 Å². The number of benzene rings is 1. The maximum absolute atomic E-state index is 11.4. The number of nitriles is 1. The molecule has 1 rings (SSSR count). The van der Waals surface area contributed by atoms with Crippen LogP contribution in [0, 0.1) is 11.3 Å². The molecule has 0 aromatic heterocycles. The molecule has 96 valence electrons. The van der Waals surface area contributed by atoms with Gasteiger partial charge in [0, 0.05) is 11.6 Å².